The van der Waals surface area contributed by atoms with Gasteiger partial charge in [0, 0.05) is 17.3 Å². The first-order chi connectivity index (χ1) is 15.3. The van der Waals surface area contributed by atoms with E-state index in [2.05, 4.69) is 4.99 Å². The number of hydrogen-bond acceptors (Lipinski definition) is 3. The average molecular weight is 400 g/mol. The Kier molecular flexibility index (Phi) is 5.07. The van der Waals surface area contributed by atoms with Crippen molar-refractivity contribution in [2.24, 2.45) is 9.98 Å². The van der Waals surface area contributed by atoms with Gasteiger partial charge in [-0.05, 0) is 35.4 Å². The molecule has 3 heteroatoms. The van der Waals surface area contributed by atoms with Gasteiger partial charge in [-0.3, -0.25) is 14.8 Å². The van der Waals surface area contributed by atoms with Gasteiger partial charge in [-0.1, -0.05) is 84.9 Å². The lowest BCUT2D eigenvalue weighted by Gasteiger charge is -2.11. The number of ketones is 1. The maximum Gasteiger partial charge on any atom is 0.176 e. The number of nitrogens with zero attached hydrogens (tertiary/aromatic N) is 2. The monoisotopic (exact) mass is 400 g/mol. The summed E-state index contributed by atoms with van der Waals surface area (Å²) in [4.78, 5) is 22.6. The Morgan fingerprint density at radius 2 is 1.19 bits per heavy atom. The van der Waals surface area contributed by atoms with Crippen LogP contribution in [0.5, 0.6) is 0 Å². The molecule has 0 radical (unpaired) electrons. The second-order valence-corrected chi connectivity index (χ2v) is 7.44. The molecule has 0 saturated carbocycles. The maximum atomic E-state index is 13.2. The lowest BCUT2D eigenvalue weighted by atomic mass is 9.93. The fourth-order valence-electron chi connectivity index (χ4n) is 3.88. The molecule has 4 aromatic carbocycles. The molecular weight excluding hydrogens is 380 g/mol. The van der Waals surface area contributed by atoms with Gasteiger partial charge in [0.2, 0.25) is 0 Å². The molecule has 0 N–H and O–H groups in total. The molecule has 148 valence electrons. The molecule has 0 aromatic heterocycles. The van der Waals surface area contributed by atoms with Crippen LogP contribution in [0.4, 0.5) is 11.4 Å². The quantitative estimate of drug-likeness (QED) is 0.359. The first-order valence-electron chi connectivity index (χ1n) is 10.3. The van der Waals surface area contributed by atoms with Crippen LogP contribution in [0.25, 0.3) is 0 Å². The molecule has 0 heterocycles. The highest BCUT2D eigenvalue weighted by Gasteiger charge is 2.37. The molecule has 0 saturated heterocycles. The van der Waals surface area contributed by atoms with Gasteiger partial charge in [0.1, 0.15) is 0 Å². The van der Waals surface area contributed by atoms with Crippen molar-refractivity contribution >= 4 is 29.1 Å². The summed E-state index contributed by atoms with van der Waals surface area (Å²) >= 11 is 0. The van der Waals surface area contributed by atoms with Crippen LogP contribution in [0.3, 0.4) is 0 Å². The van der Waals surface area contributed by atoms with E-state index in [1.165, 1.54) is 0 Å². The van der Waals surface area contributed by atoms with E-state index in [-0.39, 0.29) is 11.7 Å². The number of carbonyl (C=O) groups excluding carboxylic acids is 1. The van der Waals surface area contributed by atoms with E-state index >= 15 is 0 Å². The van der Waals surface area contributed by atoms with Crippen LogP contribution in [0.2, 0.25) is 0 Å². The minimum Gasteiger partial charge on any atom is -0.293 e. The van der Waals surface area contributed by atoms with Gasteiger partial charge >= 0.3 is 0 Å². The topological polar surface area (TPSA) is 41.8 Å². The first-order valence-corrected chi connectivity index (χ1v) is 10.3. The second kappa shape index (κ2) is 8.33. The van der Waals surface area contributed by atoms with Crippen molar-refractivity contribution in [1.29, 1.82) is 0 Å². The van der Waals surface area contributed by atoms with E-state index in [0.717, 1.165) is 39.3 Å². The molecule has 5 rings (SSSR count). The normalized spacial score (nSPS) is 16.7. The highest BCUT2D eigenvalue weighted by molar-refractivity contribution is 6.32. The predicted molar refractivity (Wildman–Crippen MR) is 126 cm³/mol. The van der Waals surface area contributed by atoms with Gasteiger partial charge in [0.25, 0.3) is 0 Å². The smallest absolute Gasteiger partial charge is 0.176 e. The SMILES string of the molecule is O=C1c2ccccc2C(=Nc2ccc(N=Cc3ccccc3)cc2)[C@@H]1c1ccccc1. The Morgan fingerprint density at radius 1 is 0.613 bits per heavy atom. The van der Waals surface area contributed by atoms with Gasteiger partial charge in [0.05, 0.1) is 23.0 Å². The Morgan fingerprint density at radius 3 is 1.90 bits per heavy atom. The van der Waals surface area contributed by atoms with Crippen LogP contribution in [-0.2, 0) is 0 Å². The Hall–Kier alpha value is -4.11. The third kappa shape index (κ3) is 3.86. The summed E-state index contributed by atoms with van der Waals surface area (Å²) in [6.07, 6.45) is 1.85. The van der Waals surface area contributed by atoms with Gasteiger partial charge < -0.3 is 0 Å². The predicted octanol–water partition coefficient (Wildman–Crippen LogP) is 6.54. The number of rotatable bonds is 4. The summed E-state index contributed by atoms with van der Waals surface area (Å²) in [5.74, 6) is -0.279. The third-order valence-corrected chi connectivity index (χ3v) is 5.40. The standard InChI is InChI=1S/C28H20N2O/c31-28-25-14-8-7-13-24(25)27(26(28)21-11-5-2-6-12-21)30-23-17-15-22(16-18-23)29-19-20-9-3-1-4-10-20/h1-19,26H/t26-/m0/s1. The largest absolute Gasteiger partial charge is 0.293 e. The van der Waals surface area contributed by atoms with E-state index in [9.17, 15) is 4.79 Å². The van der Waals surface area contributed by atoms with Crippen molar-refractivity contribution in [3.8, 4) is 0 Å². The molecule has 0 amide bonds. The number of hydrogen-bond donors (Lipinski definition) is 0. The van der Waals surface area contributed by atoms with E-state index in [0.29, 0.717) is 0 Å². The zero-order valence-electron chi connectivity index (χ0n) is 16.8. The fourth-order valence-corrected chi connectivity index (χ4v) is 3.88. The Labute approximate surface area is 181 Å². The first kappa shape index (κ1) is 18.9. The van der Waals surface area contributed by atoms with Crippen LogP contribution in [-0.4, -0.2) is 17.7 Å². The van der Waals surface area contributed by atoms with Crippen LogP contribution in [0.1, 0.15) is 33.0 Å². The minimum atomic E-state index is -0.380. The molecule has 1 aliphatic rings. The van der Waals surface area contributed by atoms with Crippen LogP contribution < -0.4 is 0 Å². The third-order valence-electron chi connectivity index (χ3n) is 5.40. The number of fused-ring (bicyclic) bond motifs is 1. The molecule has 1 aliphatic carbocycles. The summed E-state index contributed by atoms with van der Waals surface area (Å²) in [5, 5.41) is 0. The van der Waals surface area contributed by atoms with Crippen molar-refractivity contribution in [2.75, 3.05) is 0 Å². The molecule has 0 spiro atoms. The lowest BCUT2D eigenvalue weighted by Crippen LogP contribution is -2.13. The van der Waals surface area contributed by atoms with Gasteiger partial charge in [0.15, 0.2) is 5.78 Å². The van der Waals surface area contributed by atoms with Gasteiger partial charge in [-0.25, -0.2) is 0 Å². The van der Waals surface area contributed by atoms with Crippen molar-refractivity contribution in [3.05, 3.63) is 131 Å². The van der Waals surface area contributed by atoms with Crippen LogP contribution in [0, 0.1) is 0 Å². The summed E-state index contributed by atoms with van der Waals surface area (Å²) < 4.78 is 0. The fraction of sp³-hybridized carbons (Fsp3) is 0.0357. The molecule has 0 fully saturated rings. The maximum absolute atomic E-state index is 13.2. The lowest BCUT2D eigenvalue weighted by molar-refractivity contribution is 0.0988. The van der Waals surface area contributed by atoms with E-state index < -0.39 is 0 Å². The van der Waals surface area contributed by atoms with E-state index in [1.54, 1.807) is 0 Å². The number of Topliss-reactive ketones (excluding diaryl/α,β-unsaturated/α-hetero) is 1. The highest BCUT2D eigenvalue weighted by atomic mass is 16.1. The molecule has 3 nitrogen and oxygen atoms in total. The molecule has 31 heavy (non-hydrogen) atoms. The molecule has 0 bridgehead atoms. The van der Waals surface area contributed by atoms with Crippen molar-refractivity contribution < 1.29 is 4.79 Å². The van der Waals surface area contributed by atoms with E-state index in [4.69, 9.17) is 4.99 Å². The average Bonchev–Trinajstić information content (AvgIpc) is 3.11. The summed E-state index contributed by atoms with van der Waals surface area (Å²) in [7, 11) is 0. The van der Waals surface area contributed by atoms with Crippen LogP contribution in [0.15, 0.2) is 119 Å². The molecule has 1 atom stereocenters. The molecule has 0 unspecified atom stereocenters. The minimum absolute atomic E-state index is 0.102. The molecule has 0 aliphatic heterocycles. The Bertz CT molecular complexity index is 1270. The zero-order valence-corrected chi connectivity index (χ0v) is 16.8. The Balaban J connectivity index is 1.49. The van der Waals surface area contributed by atoms with Crippen LogP contribution >= 0.6 is 0 Å². The summed E-state index contributed by atoms with van der Waals surface area (Å²) in [6, 6.07) is 35.4. The van der Waals surface area contributed by atoms with Crippen molar-refractivity contribution in [2.45, 2.75) is 5.92 Å². The van der Waals surface area contributed by atoms with Gasteiger partial charge in [-0.2, -0.15) is 0 Å². The second-order valence-electron chi connectivity index (χ2n) is 7.44. The van der Waals surface area contributed by atoms with E-state index in [1.807, 2.05) is 115 Å². The summed E-state index contributed by atoms with van der Waals surface area (Å²) in [5.41, 5.74) is 6.12. The zero-order chi connectivity index (χ0) is 21.0. The molecule has 4 aromatic rings. The number of benzene rings is 4. The highest BCUT2D eigenvalue weighted by Crippen LogP contribution is 2.36. The summed E-state index contributed by atoms with van der Waals surface area (Å²) in [6.45, 7) is 0. The number of aliphatic imine (C=N–C) groups is 2. The number of carbonyl (C=O) groups is 1. The molecular formula is C28H20N2O. The van der Waals surface area contributed by atoms with Crippen molar-refractivity contribution in [3.63, 3.8) is 0 Å². The van der Waals surface area contributed by atoms with Gasteiger partial charge in [-0.15, -0.1) is 0 Å². The van der Waals surface area contributed by atoms with Crippen molar-refractivity contribution in [1.82, 2.24) is 0 Å².